The van der Waals surface area contributed by atoms with Gasteiger partial charge in [-0.05, 0) is 0 Å². The molecule has 2 aliphatic rings. The third-order valence-electron chi connectivity index (χ3n) is 4.04. The van der Waals surface area contributed by atoms with Crippen molar-refractivity contribution in [1.82, 2.24) is 10.6 Å². The molecular formula is C18H24N2O10. The van der Waals surface area contributed by atoms with Gasteiger partial charge >= 0.3 is 24.1 Å². The van der Waals surface area contributed by atoms with E-state index in [1.165, 1.54) is 0 Å². The minimum atomic E-state index is -0.723. The highest BCUT2D eigenvalue weighted by Gasteiger charge is 2.51. The van der Waals surface area contributed by atoms with E-state index in [-0.39, 0.29) is 39.5 Å². The lowest BCUT2D eigenvalue weighted by Crippen LogP contribution is -2.40. The number of ether oxygens (including phenoxy) is 6. The van der Waals surface area contributed by atoms with Gasteiger partial charge in [-0.2, -0.15) is 0 Å². The number of carbonyl (C=O) groups excluding carboxylic acids is 4. The van der Waals surface area contributed by atoms with Gasteiger partial charge in [-0.15, -0.1) is 0 Å². The summed E-state index contributed by atoms with van der Waals surface area (Å²) in [7, 11) is 0. The zero-order valence-corrected chi connectivity index (χ0v) is 16.2. The number of fused-ring (bicyclic) bond motifs is 1. The van der Waals surface area contributed by atoms with E-state index < -0.39 is 48.5 Å². The van der Waals surface area contributed by atoms with Gasteiger partial charge in [0, 0.05) is 12.2 Å². The topological polar surface area (TPSA) is 148 Å². The van der Waals surface area contributed by atoms with E-state index in [4.69, 9.17) is 28.4 Å². The van der Waals surface area contributed by atoms with Crippen LogP contribution in [0.25, 0.3) is 0 Å². The van der Waals surface area contributed by atoms with Crippen molar-refractivity contribution in [2.45, 2.75) is 24.4 Å². The van der Waals surface area contributed by atoms with Gasteiger partial charge < -0.3 is 39.1 Å². The van der Waals surface area contributed by atoms with Gasteiger partial charge in [0.1, 0.15) is 25.4 Å². The molecule has 2 rings (SSSR count). The van der Waals surface area contributed by atoms with Gasteiger partial charge in [-0.3, -0.25) is 0 Å². The fourth-order valence-electron chi connectivity index (χ4n) is 2.72. The number of alkyl carbamates (subject to hydrolysis) is 2. The van der Waals surface area contributed by atoms with Gasteiger partial charge in [0.25, 0.3) is 0 Å². The summed E-state index contributed by atoms with van der Waals surface area (Å²) in [6.07, 6.45) is -1.94. The predicted molar refractivity (Wildman–Crippen MR) is 98.3 cm³/mol. The van der Waals surface area contributed by atoms with Gasteiger partial charge in [-0.25, -0.2) is 19.2 Å². The molecule has 4 atom stereocenters. The van der Waals surface area contributed by atoms with Crippen molar-refractivity contribution < 1.29 is 47.6 Å². The maximum Gasteiger partial charge on any atom is 0.407 e. The Bertz CT molecular complexity index is 611. The molecule has 2 heterocycles. The minimum Gasteiger partial charge on any atom is -0.461 e. The van der Waals surface area contributed by atoms with E-state index in [1.807, 2.05) is 0 Å². The highest BCUT2D eigenvalue weighted by atomic mass is 16.7. The smallest absolute Gasteiger partial charge is 0.407 e. The zero-order chi connectivity index (χ0) is 21.9. The number of amides is 2. The first-order valence-electron chi connectivity index (χ1n) is 9.15. The molecule has 166 valence electrons. The van der Waals surface area contributed by atoms with Crippen LogP contribution in [0.3, 0.4) is 0 Å². The first kappa shape index (κ1) is 23.2. The summed E-state index contributed by atoms with van der Waals surface area (Å²) in [5, 5.41) is 4.86. The summed E-state index contributed by atoms with van der Waals surface area (Å²) >= 11 is 0. The van der Waals surface area contributed by atoms with Crippen LogP contribution in [0.15, 0.2) is 25.3 Å². The summed E-state index contributed by atoms with van der Waals surface area (Å²) in [4.78, 5) is 45.5. The molecule has 0 aromatic carbocycles. The van der Waals surface area contributed by atoms with Crippen molar-refractivity contribution in [3.8, 4) is 0 Å². The Kier molecular flexibility index (Phi) is 9.09. The fourth-order valence-corrected chi connectivity index (χ4v) is 2.72. The molecule has 12 nitrogen and oxygen atoms in total. The third-order valence-corrected chi connectivity index (χ3v) is 4.04. The van der Waals surface area contributed by atoms with Crippen LogP contribution in [-0.4, -0.2) is 88.1 Å². The van der Waals surface area contributed by atoms with Crippen molar-refractivity contribution in [3.63, 3.8) is 0 Å². The normalized spacial score (nSPS) is 24.1. The molecule has 0 aromatic heterocycles. The molecule has 30 heavy (non-hydrogen) atoms. The predicted octanol–water partition coefficient (Wildman–Crippen LogP) is -0.568. The van der Waals surface area contributed by atoms with E-state index in [1.54, 1.807) is 0 Å². The molecule has 2 aliphatic heterocycles. The maximum atomic E-state index is 11.8. The van der Waals surface area contributed by atoms with E-state index in [0.717, 1.165) is 12.2 Å². The Morgan fingerprint density at radius 1 is 0.800 bits per heavy atom. The quantitative estimate of drug-likeness (QED) is 0.201. The number of carbonyl (C=O) groups is 4. The maximum absolute atomic E-state index is 11.8. The van der Waals surface area contributed by atoms with Crippen molar-refractivity contribution in [2.24, 2.45) is 0 Å². The number of hydrogen-bond donors (Lipinski definition) is 2. The molecule has 0 aromatic rings. The molecule has 0 radical (unpaired) electrons. The summed E-state index contributed by atoms with van der Waals surface area (Å²) in [5.74, 6) is -1.19. The van der Waals surface area contributed by atoms with E-state index in [0.29, 0.717) is 0 Å². The Morgan fingerprint density at radius 3 is 1.57 bits per heavy atom. The Labute approximate surface area is 172 Å². The average Bonchev–Trinajstić information content (AvgIpc) is 3.31. The molecule has 0 saturated carbocycles. The van der Waals surface area contributed by atoms with E-state index >= 15 is 0 Å². The number of esters is 2. The van der Waals surface area contributed by atoms with Crippen LogP contribution in [0.5, 0.6) is 0 Å². The third kappa shape index (κ3) is 7.04. The van der Waals surface area contributed by atoms with E-state index in [9.17, 15) is 19.2 Å². The van der Waals surface area contributed by atoms with Gasteiger partial charge in [0.15, 0.2) is 12.2 Å². The molecule has 0 spiro atoms. The molecule has 2 saturated heterocycles. The molecule has 12 heteroatoms. The van der Waals surface area contributed by atoms with Gasteiger partial charge in [-0.1, -0.05) is 13.2 Å². The molecule has 2 amide bonds. The second-order valence-electron chi connectivity index (χ2n) is 6.08. The number of hydrogen-bond acceptors (Lipinski definition) is 10. The van der Waals surface area contributed by atoms with Gasteiger partial charge in [0.05, 0.1) is 26.3 Å². The fraction of sp³-hybridized carbons (Fsp3) is 0.556. The Hall–Kier alpha value is -3.12. The molecule has 2 N–H and O–H groups in total. The SMILES string of the molecule is C=CC(=O)OCCNC(=O)O[C@H]1CO[C@H]2[C@@H]1OC[C@H]2OC(=O)NCCOC(=O)C=C. The van der Waals surface area contributed by atoms with Crippen LogP contribution in [-0.2, 0) is 38.0 Å². The summed E-state index contributed by atoms with van der Waals surface area (Å²) < 4.78 is 31.1. The summed E-state index contributed by atoms with van der Waals surface area (Å²) in [5.41, 5.74) is 0. The van der Waals surface area contributed by atoms with Crippen LogP contribution in [0, 0.1) is 0 Å². The van der Waals surface area contributed by atoms with Crippen LogP contribution in [0.4, 0.5) is 9.59 Å². The van der Waals surface area contributed by atoms with Crippen LogP contribution >= 0.6 is 0 Å². The Balaban J connectivity index is 1.66. The summed E-state index contributed by atoms with van der Waals surface area (Å²) in [6, 6.07) is 0. The van der Waals surface area contributed by atoms with Crippen molar-refractivity contribution in [1.29, 1.82) is 0 Å². The lowest BCUT2D eigenvalue weighted by Gasteiger charge is -2.17. The van der Waals surface area contributed by atoms with Gasteiger partial charge in [0.2, 0.25) is 0 Å². The minimum absolute atomic E-state index is 0.0263. The van der Waals surface area contributed by atoms with Crippen molar-refractivity contribution in [2.75, 3.05) is 39.5 Å². The molecule has 2 fully saturated rings. The Morgan fingerprint density at radius 2 is 1.20 bits per heavy atom. The number of nitrogens with one attached hydrogen (secondary N) is 2. The second kappa shape index (κ2) is 11.8. The van der Waals surface area contributed by atoms with Crippen molar-refractivity contribution in [3.05, 3.63) is 25.3 Å². The first-order valence-corrected chi connectivity index (χ1v) is 9.15. The number of rotatable bonds is 10. The van der Waals surface area contributed by atoms with Crippen LogP contribution in [0.2, 0.25) is 0 Å². The second-order valence-corrected chi connectivity index (χ2v) is 6.08. The largest absolute Gasteiger partial charge is 0.461 e. The highest BCUT2D eigenvalue weighted by Crippen LogP contribution is 2.30. The standard InChI is InChI=1S/C18H24N2O10/c1-3-13(21)25-7-5-19-17(23)29-11-9-27-16-12(10-28-15(11)16)30-18(24)20-6-8-26-14(22)4-2/h3-4,11-12,15-16H,1-2,5-10H2,(H,19,23)(H,20,24)/t11-,12+,15-,16-/m1/s1. The summed E-state index contributed by atoms with van der Waals surface area (Å²) in [6.45, 7) is 6.74. The lowest BCUT2D eigenvalue weighted by molar-refractivity contribution is -0.138. The first-order chi connectivity index (χ1) is 14.4. The van der Waals surface area contributed by atoms with Crippen molar-refractivity contribution >= 4 is 24.1 Å². The molecule has 0 aliphatic carbocycles. The zero-order valence-electron chi connectivity index (χ0n) is 16.2. The molecular weight excluding hydrogens is 404 g/mol. The van der Waals surface area contributed by atoms with Crippen LogP contribution < -0.4 is 10.6 Å². The lowest BCUT2D eigenvalue weighted by atomic mass is 10.1. The highest BCUT2D eigenvalue weighted by molar-refractivity contribution is 5.81. The monoisotopic (exact) mass is 428 g/mol. The molecule has 0 unspecified atom stereocenters. The van der Waals surface area contributed by atoms with E-state index in [2.05, 4.69) is 23.8 Å². The molecule has 0 bridgehead atoms. The average molecular weight is 428 g/mol. The van der Waals surface area contributed by atoms with Crippen LogP contribution in [0.1, 0.15) is 0 Å².